The molecule has 0 fully saturated rings. The summed E-state index contributed by atoms with van der Waals surface area (Å²) in [6, 6.07) is 9.78. The highest BCUT2D eigenvalue weighted by molar-refractivity contribution is 9.10. The van der Waals surface area contributed by atoms with Crippen molar-refractivity contribution in [3.8, 4) is 6.07 Å². The number of pyridine rings is 1. The Morgan fingerprint density at radius 1 is 1.29 bits per heavy atom. The molecule has 1 aromatic carbocycles. The fourth-order valence-electron chi connectivity index (χ4n) is 1.33. The van der Waals surface area contributed by atoms with Crippen molar-refractivity contribution in [2.75, 3.05) is 5.32 Å². The highest BCUT2D eigenvalue weighted by Gasteiger charge is 2.07. The molecule has 0 aliphatic heterocycles. The summed E-state index contributed by atoms with van der Waals surface area (Å²) in [6.45, 7) is 0. The van der Waals surface area contributed by atoms with Crippen molar-refractivity contribution in [2.45, 2.75) is 0 Å². The van der Waals surface area contributed by atoms with Gasteiger partial charge in [-0.25, -0.2) is 9.37 Å². The third-order valence-corrected chi connectivity index (χ3v) is 2.58. The smallest absolute Gasteiger partial charge is 0.143 e. The van der Waals surface area contributed by atoms with E-state index in [1.54, 1.807) is 24.4 Å². The van der Waals surface area contributed by atoms with Crippen molar-refractivity contribution in [2.24, 2.45) is 0 Å². The van der Waals surface area contributed by atoms with E-state index in [0.29, 0.717) is 11.5 Å². The number of hydrogen-bond donors (Lipinski definition) is 1. The molecule has 0 unspecified atom stereocenters. The van der Waals surface area contributed by atoms with Crippen LogP contribution in [-0.2, 0) is 0 Å². The average Bonchev–Trinajstić information content (AvgIpc) is 2.32. The van der Waals surface area contributed by atoms with Gasteiger partial charge in [0.15, 0.2) is 0 Å². The Morgan fingerprint density at radius 2 is 2.12 bits per heavy atom. The second-order valence-corrected chi connectivity index (χ2v) is 4.18. The zero-order valence-electron chi connectivity index (χ0n) is 8.61. The maximum Gasteiger partial charge on any atom is 0.143 e. The molecule has 2 aromatic rings. The second-order valence-electron chi connectivity index (χ2n) is 3.26. The molecule has 2 rings (SSSR count). The third-order valence-electron chi connectivity index (χ3n) is 2.12. The average molecular weight is 292 g/mol. The molecule has 1 aromatic heterocycles. The molecule has 0 atom stereocenters. The van der Waals surface area contributed by atoms with Gasteiger partial charge in [-0.2, -0.15) is 5.26 Å². The SMILES string of the molecule is N#Cc1c(F)cccc1Nc1ccc(Br)cn1. The number of nitrogens with zero attached hydrogens (tertiary/aromatic N) is 2. The molecule has 0 aliphatic carbocycles. The van der Waals surface area contributed by atoms with Crippen molar-refractivity contribution in [3.63, 3.8) is 0 Å². The molecular weight excluding hydrogens is 285 g/mol. The molecule has 0 spiro atoms. The van der Waals surface area contributed by atoms with Gasteiger partial charge in [0.2, 0.25) is 0 Å². The fourth-order valence-corrected chi connectivity index (χ4v) is 1.56. The van der Waals surface area contributed by atoms with Crippen LogP contribution in [0.15, 0.2) is 41.0 Å². The Morgan fingerprint density at radius 3 is 2.76 bits per heavy atom. The number of halogens is 2. The molecule has 1 N–H and O–H groups in total. The largest absolute Gasteiger partial charge is 0.339 e. The number of hydrogen-bond acceptors (Lipinski definition) is 3. The number of nitrogens with one attached hydrogen (secondary N) is 1. The van der Waals surface area contributed by atoms with Gasteiger partial charge in [0.1, 0.15) is 23.3 Å². The van der Waals surface area contributed by atoms with E-state index in [4.69, 9.17) is 5.26 Å². The molecule has 0 saturated heterocycles. The standard InChI is InChI=1S/C12H7BrFN3/c13-8-4-5-12(16-7-8)17-11-3-1-2-10(14)9(11)6-15/h1-5,7H,(H,16,17). The molecule has 0 radical (unpaired) electrons. The molecule has 5 heteroatoms. The van der Waals surface area contributed by atoms with E-state index in [0.717, 1.165) is 4.47 Å². The van der Waals surface area contributed by atoms with Crippen molar-refractivity contribution >= 4 is 27.4 Å². The first-order valence-electron chi connectivity index (χ1n) is 4.78. The summed E-state index contributed by atoms with van der Waals surface area (Å²) >= 11 is 3.27. The molecule has 0 bridgehead atoms. The zero-order chi connectivity index (χ0) is 12.3. The summed E-state index contributed by atoms with van der Waals surface area (Å²) in [6.07, 6.45) is 1.62. The van der Waals surface area contributed by atoms with Crippen LogP contribution in [0.3, 0.4) is 0 Å². The van der Waals surface area contributed by atoms with Crippen molar-refractivity contribution in [1.29, 1.82) is 5.26 Å². The molecule has 17 heavy (non-hydrogen) atoms. The van der Waals surface area contributed by atoms with Gasteiger partial charge in [0, 0.05) is 10.7 Å². The van der Waals surface area contributed by atoms with Crippen LogP contribution in [0.1, 0.15) is 5.56 Å². The maximum atomic E-state index is 13.3. The van der Waals surface area contributed by atoms with Crippen LogP contribution < -0.4 is 5.32 Å². The summed E-state index contributed by atoms with van der Waals surface area (Å²) in [5.41, 5.74) is 0.388. The lowest BCUT2D eigenvalue weighted by molar-refractivity contribution is 0.624. The fraction of sp³-hybridized carbons (Fsp3) is 0. The van der Waals surface area contributed by atoms with Gasteiger partial charge in [-0.1, -0.05) is 6.07 Å². The van der Waals surface area contributed by atoms with E-state index in [2.05, 4.69) is 26.2 Å². The summed E-state index contributed by atoms with van der Waals surface area (Å²) in [7, 11) is 0. The molecule has 0 saturated carbocycles. The molecule has 1 heterocycles. The number of nitriles is 1. The van der Waals surface area contributed by atoms with Gasteiger partial charge in [-0.15, -0.1) is 0 Å². The lowest BCUT2D eigenvalue weighted by Gasteiger charge is -2.07. The number of benzene rings is 1. The van der Waals surface area contributed by atoms with Gasteiger partial charge in [-0.05, 0) is 40.2 Å². The highest BCUT2D eigenvalue weighted by Crippen LogP contribution is 2.22. The Labute approximate surface area is 106 Å². The number of anilines is 2. The van der Waals surface area contributed by atoms with Crippen LogP contribution in [-0.4, -0.2) is 4.98 Å². The van der Waals surface area contributed by atoms with Crippen molar-refractivity contribution in [3.05, 3.63) is 52.4 Å². The Bertz CT molecular complexity index is 575. The lowest BCUT2D eigenvalue weighted by Crippen LogP contribution is -1.97. The summed E-state index contributed by atoms with van der Waals surface area (Å²) < 4.78 is 14.2. The quantitative estimate of drug-likeness (QED) is 0.920. The normalized spacial score (nSPS) is 9.71. The number of rotatable bonds is 2. The summed E-state index contributed by atoms with van der Waals surface area (Å²) in [4.78, 5) is 4.09. The van der Waals surface area contributed by atoms with Gasteiger partial charge in [-0.3, -0.25) is 0 Å². The van der Waals surface area contributed by atoms with Crippen LogP contribution in [0.5, 0.6) is 0 Å². The molecule has 0 amide bonds. The number of aromatic nitrogens is 1. The van der Waals surface area contributed by atoms with Crippen LogP contribution >= 0.6 is 15.9 Å². The minimum atomic E-state index is -0.547. The summed E-state index contributed by atoms with van der Waals surface area (Å²) in [5.74, 6) is 0.00455. The first-order chi connectivity index (χ1) is 8.20. The lowest BCUT2D eigenvalue weighted by atomic mass is 10.2. The minimum Gasteiger partial charge on any atom is -0.339 e. The highest BCUT2D eigenvalue weighted by atomic mass is 79.9. The molecule has 0 aliphatic rings. The first-order valence-corrected chi connectivity index (χ1v) is 5.57. The molecule has 3 nitrogen and oxygen atoms in total. The maximum absolute atomic E-state index is 13.3. The second kappa shape index (κ2) is 4.93. The first kappa shape index (κ1) is 11.6. The van der Waals surface area contributed by atoms with Crippen LogP contribution in [0, 0.1) is 17.1 Å². The van der Waals surface area contributed by atoms with Gasteiger partial charge in [0.05, 0.1) is 5.69 Å². The van der Waals surface area contributed by atoms with E-state index < -0.39 is 5.82 Å². The van der Waals surface area contributed by atoms with E-state index in [9.17, 15) is 4.39 Å². The predicted octanol–water partition coefficient (Wildman–Crippen LogP) is 3.60. The predicted molar refractivity (Wildman–Crippen MR) is 66.3 cm³/mol. The Balaban J connectivity index is 2.34. The topological polar surface area (TPSA) is 48.7 Å². The van der Waals surface area contributed by atoms with Crippen molar-refractivity contribution < 1.29 is 4.39 Å². The van der Waals surface area contributed by atoms with Crippen LogP contribution in [0.25, 0.3) is 0 Å². The van der Waals surface area contributed by atoms with Crippen LogP contribution in [0.4, 0.5) is 15.9 Å². The van der Waals surface area contributed by atoms with Gasteiger partial charge >= 0.3 is 0 Å². The van der Waals surface area contributed by atoms with Gasteiger partial charge < -0.3 is 5.32 Å². The van der Waals surface area contributed by atoms with Crippen molar-refractivity contribution in [1.82, 2.24) is 4.98 Å². The Hall–Kier alpha value is -1.93. The zero-order valence-corrected chi connectivity index (χ0v) is 10.2. The monoisotopic (exact) mass is 291 g/mol. The molecular formula is C12H7BrFN3. The van der Waals surface area contributed by atoms with Gasteiger partial charge in [0.25, 0.3) is 0 Å². The Kier molecular flexibility index (Phi) is 3.35. The van der Waals surface area contributed by atoms with E-state index in [1.807, 2.05) is 6.07 Å². The minimum absolute atomic E-state index is 0.0165. The summed E-state index contributed by atoms with van der Waals surface area (Å²) in [5, 5.41) is 11.8. The third kappa shape index (κ3) is 2.60. The van der Waals surface area contributed by atoms with E-state index >= 15 is 0 Å². The van der Waals surface area contributed by atoms with Crippen LogP contribution in [0.2, 0.25) is 0 Å². The van der Waals surface area contributed by atoms with E-state index in [1.165, 1.54) is 12.1 Å². The van der Waals surface area contributed by atoms with E-state index in [-0.39, 0.29) is 5.56 Å². The molecule has 84 valence electrons.